The van der Waals surface area contributed by atoms with Crippen LogP contribution in [0, 0.1) is 12.8 Å². The van der Waals surface area contributed by atoms with Crippen LogP contribution in [0.4, 0.5) is 0 Å². The van der Waals surface area contributed by atoms with Gasteiger partial charge in [-0.25, -0.2) is 8.68 Å². The van der Waals surface area contributed by atoms with Crippen LogP contribution >= 0.6 is 11.6 Å². The number of sulfonamides is 1. The number of aryl methyl sites for hydroxylation is 1. The first-order chi connectivity index (χ1) is 17.8. The Morgan fingerprint density at radius 2 is 1.57 bits per heavy atom. The molecule has 5 nitrogen and oxygen atoms in total. The Hall–Kier alpha value is -2.67. The summed E-state index contributed by atoms with van der Waals surface area (Å²) in [7, 11) is -3.87. The highest BCUT2D eigenvalue weighted by Crippen LogP contribution is 2.43. The van der Waals surface area contributed by atoms with Crippen LogP contribution in [-0.4, -0.2) is 31.4 Å². The third-order valence-electron chi connectivity index (χ3n) is 7.76. The van der Waals surface area contributed by atoms with Gasteiger partial charge in [0.05, 0.1) is 6.54 Å². The summed E-state index contributed by atoms with van der Waals surface area (Å²) in [5, 5.41) is 0.558. The highest BCUT2D eigenvalue weighted by molar-refractivity contribution is 7.86. The van der Waals surface area contributed by atoms with E-state index >= 15 is 0 Å². The predicted octanol–water partition coefficient (Wildman–Crippen LogP) is 6.76. The van der Waals surface area contributed by atoms with Gasteiger partial charge in [-0.15, -0.1) is 0 Å². The Balaban J connectivity index is 1.86. The molecule has 7 heteroatoms. The predicted molar refractivity (Wildman–Crippen MR) is 146 cm³/mol. The summed E-state index contributed by atoms with van der Waals surface area (Å²) >= 11 is 6.64. The molecule has 0 aromatic heterocycles. The fourth-order valence-corrected chi connectivity index (χ4v) is 7.89. The van der Waals surface area contributed by atoms with Crippen LogP contribution in [0.25, 0.3) is 0 Å². The van der Waals surface area contributed by atoms with Crippen molar-refractivity contribution in [3.05, 3.63) is 101 Å². The minimum atomic E-state index is -3.87. The molecule has 1 unspecified atom stereocenters. The number of benzene rings is 3. The van der Waals surface area contributed by atoms with E-state index in [-0.39, 0.29) is 28.5 Å². The van der Waals surface area contributed by atoms with Gasteiger partial charge in [0, 0.05) is 22.1 Å². The summed E-state index contributed by atoms with van der Waals surface area (Å²) in [5.41, 5.74) is 2.89. The van der Waals surface area contributed by atoms with E-state index in [1.54, 1.807) is 30.7 Å². The van der Waals surface area contributed by atoms with Gasteiger partial charge >= 0.3 is 16.5 Å². The molecule has 1 saturated carbocycles. The van der Waals surface area contributed by atoms with Gasteiger partial charge in [0.15, 0.2) is 0 Å². The van der Waals surface area contributed by atoms with Crippen molar-refractivity contribution < 1.29 is 21.8 Å². The van der Waals surface area contributed by atoms with E-state index in [1.807, 2.05) is 68.4 Å². The minimum absolute atomic E-state index is 0.139. The second-order valence-corrected chi connectivity index (χ2v) is 12.7. The Kier molecular flexibility index (Phi) is 8.73. The van der Waals surface area contributed by atoms with E-state index in [0.717, 1.165) is 29.5 Å². The Morgan fingerprint density at radius 3 is 2.19 bits per heavy atom. The molecule has 1 aliphatic rings. The second kappa shape index (κ2) is 11.8. The second-order valence-electron chi connectivity index (χ2n) is 10.1. The van der Waals surface area contributed by atoms with Crippen LogP contribution in [0.15, 0.2) is 83.8 Å². The van der Waals surface area contributed by atoms with Crippen molar-refractivity contribution in [2.45, 2.75) is 63.1 Å². The monoisotopic (exact) mass is 539 g/mol. The molecule has 0 amide bonds. The fourth-order valence-electron chi connectivity index (χ4n) is 5.52. The number of carbonyl (C=O) groups excluding carboxylic acids is 1. The van der Waals surface area contributed by atoms with Crippen LogP contribution in [0.5, 0.6) is 0 Å². The molecule has 3 aromatic carbocycles. The molecule has 37 heavy (non-hydrogen) atoms. The zero-order chi connectivity index (χ0) is 26.5. The van der Waals surface area contributed by atoms with Gasteiger partial charge in [-0.3, -0.25) is 0 Å². The quantitative estimate of drug-likeness (QED) is 0.267. The van der Waals surface area contributed by atoms with E-state index in [2.05, 4.69) is 0 Å². The van der Waals surface area contributed by atoms with E-state index < -0.39 is 10.0 Å². The van der Waals surface area contributed by atoms with Gasteiger partial charge in [-0.05, 0) is 57.7 Å². The highest BCUT2D eigenvalue weighted by Gasteiger charge is 2.50. The lowest BCUT2D eigenvalue weighted by molar-refractivity contribution is -0.855. The SMILES string of the molecule is Cc1ccc([C@@H](C)[N+](Cc2ccccc2Cl)(CC2CCC(O[C]=O)CC2)S(=O)(=O)c2ccccc2)cc1. The molecule has 2 atom stereocenters. The minimum Gasteiger partial charge on any atom is -0.454 e. The third kappa shape index (κ3) is 5.92. The fraction of sp³-hybridized carbons (Fsp3) is 0.367. The zero-order valence-electron chi connectivity index (χ0n) is 21.3. The molecular formula is C30H34ClNO4S+. The number of rotatable bonds is 10. The summed E-state index contributed by atoms with van der Waals surface area (Å²) < 4.78 is 34.4. The molecule has 1 fully saturated rings. The molecule has 0 N–H and O–H groups in total. The van der Waals surface area contributed by atoms with Crippen molar-refractivity contribution in [1.82, 2.24) is 0 Å². The maximum absolute atomic E-state index is 14.7. The number of quaternary nitrogens is 1. The first-order valence-electron chi connectivity index (χ1n) is 12.8. The van der Waals surface area contributed by atoms with Gasteiger partial charge in [0.1, 0.15) is 23.6 Å². The molecule has 1 radical (unpaired) electrons. The summed E-state index contributed by atoms with van der Waals surface area (Å²) in [6.07, 6.45) is 2.81. The average Bonchev–Trinajstić information content (AvgIpc) is 2.91. The molecule has 0 bridgehead atoms. The first kappa shape index (κ1) is 27.4. The molecule has 3 aromatic rings. The molecule has 4 rings (SSSR count). The lowest BCUT2D eigenvalue weighted by Crippen LogP contribution is -2.56. The molecule has 0 aliphatic heterocycles. The van der Waals surface area contributed by atoms with Crippen LogP contribution in [0.2, 0.25) is 5.02 Å². The third-order valence-corrected chi connectivity index (χ3v) is 10.5. The van der Waals surface area contributed by atoms with Gasteiger partial charge in [0.25, 0.3) is 0 Å². The normalized spacial score (nSPS) is 20.5. The standard InChI is InChI=1S/C30H34ClNO4S/c1-23-12-16-26(17-13-23)24(2)32(21-27-8-6-7-11-30(27)31,37(34,35)29-9-4-3-5-10-29)20-25-14-18-28(19-15-25)36-22-33/h3-13,16-17,24-25,28H,14-15,18-21H2,1-2H3/q+1/t24-,25?,28?,32?/m1/s1. The Labute approximate surface area is 225 Å². The van der Waals surface area contributed by atoms with Gasteiger partial charge in [0.2, 0.25) is 0 Å². The smallest absolute Gasteiger partial charge is 0.417 e. The largest absolute Gasteiger partial charge is 0.454 e. The van der Waals surface area contributed by atoms with Crippen molar-refractivity contribution in [1.29, 1.82) is 0 Å². The molecule has 1 aliphatic carbocycles. The van der Waals surface area contributed by atoms with E-state index in [1.165, 1.54) is 0 Å². The molecular weight excluding hydrogens is 506 g/mol. The van der Waals surface area contributed by atoms with Crippen LogP contribution in [0.3, 0.4) is 0 Å². The zero-order valence-corrected chi connectivity index (χ0v) is 22.9. The van der Waals surface area contributed by atoms with Gasteiger partial charge in [-0.1, -0.05) is 77.8 Å². The van der Waals surface area contributed by atoms with Crippen molar-refractivity contribution in [3.63, 3.8) is 0 Å². The molecule has 195 valence electrons. The maximum Gasteiger partial charge on any atom is 0.417 e. The first-order valence-corrected chi connectivity index (χ1v) is 14.6. The summed E-state index contributed by atoms with van der Waals surface area (Å²) in [6.45, 7) is 6.27. The average molecular weight is 540 g/mol. The van der Waals surface area contributed by atoms with Crippen molar-refractivity contribution >= 4 is 28.1 Å². The van der Waals surface area contributed by atoms with Crippen LogP contribution in [-0.2, 0) is 26.1 Å². The van der Waals surface area contributed by atoms with Crippen molar-refractivity contribution in [2.75, 3.05) is 6.54 Å². The van der Waals surface area contributed by atoms with E-state index in [9.17, 15) is 13.2 Å². The molecule has 0 spiro atoms. The summed E-state index contributed by atoms with van der Waals surface area (Å²) in [4.78, 5) is 11.0. The van der Waals surface area contributed by atoms with Crippen LogP contribution in [0.1, 0.15) is 55.3 Å². The van der Waals surface area contributed by atoms with Crippen LogP contribution < -0.4 is 0 Å². The lowest BCUT2D eigenvalue weighted by Gasteiger charge is -2.45. The topological polar surface area (TPSA) is 60.4 Å². The van der Waals surface area contributed by atoms with Gasteiger partial charge < -0.3 is 4.74 Å². The number of hydrogen-bond donors (Lipinski definition) is 0. The number of nitrogens with zero attached hydrogens (tertiary/aromatic N) is 1. The maximum atomic E-state index is 14.7. The molecule has 0 saturated heterocycles. The molecule has 0 heterocycles. The summed E-state index contributed by atoms with van der Waals surface area (Å²) in [6, 6.07) is 24.0. The van der Waals surface area contributed by atoms with E-state index in [0.29, 0.717) is 29.3 Å². The van der Waals surface area contributed by atoms with Crippen molar-refractivity contribution in [3.8, 4) is 0 Å². The number of ether oxygens (including phenoxy) is 1. The van der Waals surface area contributed by atoms with E-state index in [4.69, 9.17) is 16.3 Å². The lowest BCUT2D eigenvalue weighted by atomic mass is 9.86. The number of hydrogen-bond acceptors (Lipinski definition) is 4. The highest BCUT2D eigenvalue weighted by atomic mass is 35.5. The van der Waals surface area contributed by atoms with Crippen molar-refractivity contribution in [2.24, 2.45) is 5.92 Å². The Morgan fingerprint density at radius 1 is 0.946 bits per heavy atom. The number of halogens is 1. The Bertz CT molecular complexity index is 1290. The van der Waals surface area contributed by atoms with Gasteiger partial charge in [-0.2, -0.15) is 8.42 Å². The summed E-state index contributed by atoms with van der Waals surface area (Å²) in [5.74, 6) is 0.139.